The van der Waals surface area contributed by atoms with Gasteiger partial charge in [-0.1, -0.05) is 20.3 Å². The average Bonchev–Trinajstić information content (AvgIpc) is 2.48. The van der Waals surface area contributed by atoms with E-state index in [4.69, 9.17) is 4.99 Å². The summed E-state index contributed by atoms with van der Waals surface area (Å²) in [5, 5.41) is 7.03. The number of rotatable bonds is 7. The molecule has 0 bridgehead atoms. The Hall–Kier alpha value is -0.770. The van der Waals surface area contributed by atoms with Crippen molar-refractivity contribution >= 4 is 5.96 Å². The molecule has 23 heavy (non-hydrogen) atoms. The van der Waals surface area contributed by atoms with Gasteiger partial charge in [0.15, 0.2) is 5.96 Å². The van der Waals surface area contributed by atoms with Crippen molar-refractivity contribution in [2.75, 3.05) is 39.8 Å². The first-order valence-electron chi connectivity index (χ1n) is 9.74. The van der Waals surface area contributed by atoms with E-state index < -0.39 is 0 Å². The first kappa shape index (κ1) is 18.6. The highest BCUT2D eigenvalue weighted by atomic mass is 15.2. The molecule has 0 radical (unpaired) electrons. The van der Waals surface area contributed by atoms with Crippen molar-refractivity contribution in [2.45, 2.75) is 59.3 Å². The van der Waals surface area contributed by atoms with Gasteiger partial charge >= 0.3 is 0 Å². The van der Waals surface area contributed by atoms with Gasteiger partial charge in [0.25, 0.3) is 0 Å². The molecule has 0 aromatic carbocycles. The fraction of sp³-hybridized carbons (Fsp3) is 0.947. The first-order chi connectivity index (χ1) is 11.0. The van der Waals surface area contributed by atoms with E-state index in [0.717, 1.165) is 37.4 Å². The minimum Gasteiger partial charge on any atom is -0.357 e. The monoisotopic (exact) mass is 322 g/mol. The molecule has 4 nitrogen and oxygen atoms in total. The first-order valence-corrected chi connectivity index (χ1v) is 9.74. The molecule has 1 heterocycles. The van der Waals surface area contributed by atoms with Crippen molar-refractivity contribution < 1.29 is 0 Å². The Labute approximate surface area is 143 Å². The normalized spacial score (nSPS) is 22.9. The molecule has 1 saturated carbocycles. The molecule has 2 rings (SSSR count). The van der Waals surface area contributed by atoms with Crippen LogP contribution >= 0.6 is 0 Å². The van der Waals surface area contributed by atoms with Gasteiger partial charge in [-0.15, -0.1) is 0 Å². The van der Waals surface area contributed by atoms with Gasteiger partial charge in [-0.05, 0) is 76.4 Å². The summed E-state index contributed by atoms with van der Waals surface area (Å²) in [6.07, 6.45) is 8.05. The molecule has 134 valence electrons. The van der Waals surface area contributed by atoms with Gasteiger partial charge in [-0.3, -0.25) is 4.99 Å². The lowest BCUT2D eigenvalue weighted by Crippen LogP contribution is -2.43. The Morgan fingerprint density at radius 2 is 1.91 bits per heavy atom. The summed E-state index contributed by atoms with van der Waals surface area (Å²) in [7, 11) is 2.22. The number of piperidine rings is 1. The van der Waals surface area contributed by atoms with Crippen LogP contribution in [0.3, 0.4) is 0 Å². The van der Waals surface area contributed by atoms with Gasteiger partial charge in [0.2, 0.25) is 0 Å². The van der Waals surface area contributed by atoms with E-state index in [0.29, 0.717) is 5.41 Å². The van der Waals surface area contributed by atoms with Crippen molar-refractivity contribution in [3.8, 4) is 0 Å². The zero-order valence-corrected chi connectivity index (χ0v) is 15.8. The molecule has 0 aromatic heterocycles. The van der Waals surface area contributed by atoms with E-state index >= 15 is 0 Å². The lowest BCUT2D eigenvalue weighted by molar-refractivity contribution is 0.111. The van der Waals surface area contributed by atoms with Crippen LogP contribution in [0.5, 0.6) is 0 Å². The molecule has 1 aliphatic carbocycles. The van der Waals surface area contributed by atoms with Crippen molar-refractivity contribution in [2.24, 2.45) is 22.2 Å². The zero-order valence-electron chi connectivity index (χ0n) is 15.8. The quantitative estimate of drug-likeness (QED) is 0.559. The molecule has 0 spiro atoms. The van der Waals surface area contributed by atoms with E-state index in [-0.39, 0.29) is 0 Å². The van der Waals surface area contributed by atoms with Crippen LogP contribution in [0, 0.1) is 17.3 Å². The lowest BCUT2D eigenvalue weighted by Gasteiger charge is -2.42. The topological polar surface area (TPSA) is 39.7 Å². The average molecular weight is 323 g/mol. The summed E-state index contributed by atoms with van der Waals surface area (Å²) in [4.78, 5) is 7.38. The summed E-state index contributed by atoms with van der Waals surface area (Å²) >= 11 is 0. The minimum absolute atomic E-state index is 0.490. The van der Waals surface area contributed by atoms with E-state index in [2.05, 4.69) is 43.4 Å². The third-order valence-corrected chi connectivity index (χ3v) is 5.57. The fourth-order valence-electron chi connectivity index (χ4n) is 4.07. The second kappa shape index (κ2) is 8.91. The van der Waals surface area contributed by atoms with Crippen LogP contribution < -0.4 is 10.6 Å². The van der Waals surface area contributed by atoms with Crippen LogP contribution in [0.25, 0.3) is 0 Å². The predicted octanol–water partition coefficient (Wildman–Crippen LogP) is 3.10. The number of hydrogen-bond acceptors (Lipinski definition) is 2. The number of nitrogens with one attached hydrogen (secondary N) is 2. The summed E-state index contributed by atoms with van der Waals surface area (Å²) < 4.78 is 0. The molecule has 2 N–H and O–H groups in total. The van der Waals surface area contributed by atoms with Gasteiger partial charge in [-0.25, -0.2) is 0 Å². The van der Waals surface area contributed by atoms with Gasteiger partial charge in [0.1, 0.15) is 0 Å². The maximum absolute atomic E-state index is 4.94. The molecule has 1 aliphatic heterocycles. The second-order valence-electron chi connectivity index (χ2n) is 8.27. The summed E-state index contributed by atoms with van der Waals surface area (Å²) in [5.41, 5.74) is 0.490. The SMILES string of the molecule is CCNC(=NCC1(CC(C)C)CCC1)NCC1CCN(C)CC1. The molecular weight excluding hydrogens is 284 g/mol. The van der Waals surface area contributed by atoms with Crippen LogP contribution in [0.1, 0.15) is 59.3 Å². The van der Waals surface area contributed by atoms with Crippen LogP contribution in [0.4, 0.5) is 0 Å². The second-order valence-corrected chi connectivity index (χ2v) is 8.27. The van der Waals surface area contributed by atoms with E-state index in [9.17, 15) is 0 Å². The molecule has 2 fully saturated rings. The van der Waals surface area contributed by atoms with Gasteiger partial charge in [0.05, 0.1) is 0 Å². The zero-order chi connectivity index (χ0) is 16.7. The molecule has 4 heteroatoms. The molecule has 0 unspecified atom stereocenters. The van der Waals surface area contributed by atoms with E-state index in [1.54, 1.807) is 0 Å². The highest BCUT2D eigenvalue weighted by Crippen LogP contribution is 2.46. The minimum atomic E-state index is 0.490. The van der Waals surface area contributed by atoms with Gasteiger partial charge < -0.3 is 15.5 Å². The van der Waals surface area contributed by atoms with Crippen molar-refractivity contribution in [3.63, 3.8) is 0 Å². The van der Waals surface area contributed by atoms with E-state index in [1.807, 2.05) is 0 Å². The van der Waals surface area contributed by atoms with Crippen molar-refractivity contribution in [3.05, 3.63) is 0 Å². The molecule has 0 atom stereocenters. The fourth-order valence-corrected chi connectivity index (χ4v) is 4.07. The number of aliphatic imine (C=N–C) groups is 1. The van der Waals surface area contributed by atoms with E-state index in [1.165, 1.54) is 51.6 Å². The maximum Gasteiger partial charge on any atom is 0.191 e. The van der Waals surface area contributed by atoms with Gasteiger partial charge in [-0.2, -0.15) is 0 Å². The number of hydrogen-bond donors (Lipinski definition) is 2. The summed E-state index contributed by atoms with van der Waals surface area (Å²) in [6, 6.07) is 0. The Kier molecular flexibility index (Phi) is 7.19. The smallest absolute Gasteiger partial charge is 0.191 e. The summed E-state index contributed by atoms with van der Waals surface area (Å²) in [6.45, 7) is 12.3. The Bertz CT molecular complexity index is 366. The number of guanidine groups is 1. The van der Waals surface area contributed by atoms with Crippen molar-refractivity contribution in [1.82, 2.24) is 15.5 Å². The lowest BCUT2D eigenvalue weighted by atomic mass is 9.64. The Balaban J connectivity index is 1.82. The molecular formula is C19H38N4. The Morgan fingerprint density at radius 3 is 2.43 bits per heavy atom. The van der Waals surface area contributed by atoms with Gasteiger partial charge in [0, 0.05) is 19.6 Å². The third-order valence-electron chi connectivity index (χ3n) is 5.57. The third kappa shape index (κ3) is 5.98. The molecule has 1 saturated heterocycles. The summed E-state index contributed by atoms with van der Waals surface area (Å²) in [5.74, 6) is 2.60. The molecule has 0 amide bonds. The molecule has 0 aromatic rings. The van der Waals surface area contributed by atoms with Crippen LogP contribution in [-0.4, -0.2) is 50.6 Å². The molecule has 2 aliphatic rings. The highest BCUT2D eigenvalue weighted by molar-refractivity contribution is 5.79. The van der Waals surface area contributed by atoms with Crippen LogP contribution in [0.2, 0.25) is 0 Å². The maximum atomic E-state index is 4.94. The largest absolute Gasteiger partial charge is 0.357 e. The van der Waals surface area contributed by atoms with Crippen LogP contribution in [-0.2, 0) is 0 Å². The standard InChI is InChI=1S/C19H38N4/c1-5-20-18(21-14-17-7-11-23(4)12-8-17)22-15-19(9-6-10-19)13-16(2)3/h16-17H,5-15H2,1-4H3,(H2,20,21,22). The predicted molar refractivity (Wildman–Crippen MR) is 99.9 cm³/mol. The number of nitrogens with zero attached hydrogens (tertiary/aromatic N) is 2. The van der Waals surface area contributed by atoms with Crippen LogP contribution in [0.15, 0.2) is 4.99 Å². The van der Waals surface area contributed by atoms with Crippen molar-refractivity contribution in [1.29, 1.82) is 0 Å². The number of likely N-dealkylation sites (tertiary alicyclic amines) is 1. The highest BCUT2D eigenvalue weighted by Gasteiger charge is 2.37. The Morgan fingerprint density at radius 1 is 1.22 bits per heavy atom.